The van der Waals surface area contributed by atoms with Crippen molar-refractivity contribution in [3.63, 3.8) is 0 Å². The van der Waals surface area contributed by atoms with Gasteiger partial charge >= 0.3 is 0 Å². The summed E-state index contributed by atoms with van der Waals surface area (Å²) in [6, 6.07) is 1.81. The SMILES string of the molecule is NC(=S)C1(C(=O)NCc2ccoc2)CCC1. The highest BCUT2D eigenvalue weighted by Gasteiger charge is 2.46. The average Bonchev–Trinajstić information content (AvgIpc) is 2.64. The first-order valence-electron chi connectivity index (χ1n) is 5.24. The monoisotopic (exact) mass is 238 g/mol. The minimum atomic E-state index is -0.598. The number of carbonyl (C=O) groups excluding carboxylic acids is 1. The van der Waals surface area contributed by atoms with Gasteiger partial charge in [0.2, 0.25) is 5.91 Å². The van der Waals surface area contributed by atoms with Crippen LogP contribution in [-0.2, 0) is 11.3 Å². The highest BCUT2D eigenvalue weighted by molar-refractivity contribution is 7.80. The van der Waals surface area contributed by atoms with E-state index in [0.29, 0.717) is 11.5 Å². The normalized spacial score (nSPS) is 17.5. The summed E-state index contributed by atoms with van der Waals surface area (Å²) in [5.74, 6) is -0.0625. The van der Waals surface area contributed by atoms with Gasteiger partial charge in [-0.25, -0.2) is 0 Å². The van der Waals surface area contributed by atoms with Crippen LogP contribution in [0.1, 0.15) is 24.8 Å². The van der Waals surface area contributed by atoms with Crippen molar-refractivity contribution in [3.05, 3.63) is 24.2 Å². The molecule has 1 fully saturated rings. The molecule has 3 N–H and O–H groups in total. The molecule has 0 atom stereocenters. The van der Waals surface area contributed by atoms with Gasteiger partial charge in [-0.2, -0.15) is 0 Å². The van der Waals surface area contributed by atoms with Crippen molar-refractivity contribution in [2.45, 2.75) is 25.8 Å². The van der Waals surface area contributed by atoms with Crippen LogP contribution in [0.4, 0.5) is 0 Å². The second-order valence-corrected chi connectivity index (χ2v) is 4.55. The minimum absolute atomic E-state index is 0.0625. The van der Waals surface area contributed by atoms with E-state index in [1.165, 1.54) is 0 Å². The van der Waals surface area contributed by atoms with Crippen LogP contribution in [0.2, 0.25) is 0 Å². The molecule has 4 nitrogen and oxygen atoms in total. The van der Waals surface area contributed by atoms with Crippen molar-refractivity contribution < 1.29 is 9.21 Å². The number of nitrogens with two attached hydrogens (primary N) is 1. The number of carbonyl (C=O) groups is 1. The van der Waals surface area contributed by atoms with E-state index in [-0.39, 0.29) is 5.91 Å². The summed E-state index contributed by atoms with van der Waals surface area (Å²) >= 11 is 4.97. The molecule has 1 saturated carbocycles. The zero-order valence-electron chi connectivity index (χ0n) is 8.86. The molecular weight excluding hydrogens is 224 g/mol. The Bertz CT molecular complexity index is 396. The molecule has 1 aliphatic carbocycles. The van der Waals surface area contributed by atoms with E-state index in [9.17, 15) is 4.79 Å². The fourth-order valence-electron chi connectivity index (χ4n) is 1.86. The molecule has 2 rings (SSSR count). The fraction of sp³-hybridized carbons (Fsp3) is 0.455. The van der Waals surface area contributed by atoms with Gasteiger partial charge in [0, 0.05) is 12.1 Å². The molecule has 0 aliphatic heterocycles. The Morgan fingerprint density at radius 3 is 2.81 bits per heavy atom. The maximum Gasteiger partial charge on any atom is 0.233 e. The van der Waals surface area contributed by atoms with Gasteiger partial charge in [0.05, 0.1) is 22.9 Å². The predicted octanol–water partition coefficient (Wildman–Crippen LogP) is 1.35. The lowest BCUT2D eigenvalue weighted by Crippen LogP contribution is -2.52. The van der Waals surface area contributed by atoms with Crippen LogP contribution in [0.3, 0.4) is 0 Å². The summed E-state index contributed by atoms with van der Waals surface area (Å²) in [6.45, 7) is 0.458. The first-order valence-corrected chi connectivity index (χ1v) is 5.65. The van der Waals surface area contributed by atoms with Gasteiger partial charge in [-0.15, -0.1) is 0 Å². The summed E-state index contributed by atoms with van der Waals surface area (Å²) in [5.41, 5.74) is 5.97. The van der Waals surface area contributed by atoms with E-state index in [0.717, 1.165) is 24.8 Å². The maximum absolute atomic E-state index is 12.0. The van der Waals surface area contributed by atoms with Gasteiger partial charge < -0.3 is 15.5 Å². The van der Waals surface area contributed by atoms with Crippen LogP contribution in [0.25, 0.3) is 0 Å². The molecule has 1 aromatic heterocycles. The molecule has 1 heterocycles. The lowest BCUT2D eigenvalue weighted by atomic mass is 9.68. The average molecular weight is 238 g/mol. The van der Waals surface area contributed by atoms with Crippen LogP contribution in [0.5, 0.6) is 0 Å². The van der Waals surface area contributed by atoms with Gasteiger partial charge in [-0.1, -0.05) is 18.6 Å². The van der Waals surface area contributed by atoms with Crippen LogP contribution in [-0.4, -0.2) is 10.9 Å². The lowest BCUT2D eigenvalue weighted by Gasteiger charge is -2.39. The maximum atomic E-state index is 12.0. The molecule has 1 amide bonds. The van der Waals surface area contributed by atoms with Crippen molar-refractivity contribution in [1.82, 2.24) is 5.32 Å². The number of thiocarbonyl (C=S) groups is 1. The number of amides is 1. The standard InChI is InChI=1S/C11H14N2O2S/c12-9(16)11(3-1-4-11)10(14)13-6-8-2-5-15-7-8/h2,5,7H,1,3-4,6H2,(H2,12,16)(H,13,14). The minimum Gasteiger partial charge on any atom is -0.472 e. The van der Waals surface area contributed by atoms with Crippen molar-refractivity contribution in [3.8, 4) is 0 Å². The number of hydrogen-bond acceptors (Lipinski definition) is 3. The number of nitrogens with one attached hydrogen (secondary N) is 1. The van der Waals surface area contributed by atoms with E-state index >= 15 is 0 Å². The summed E-state index contributed by atoms with van der Waals surface area (Å²) in [4.78, 5) is 12.3. The summed E-state index contributed by atoms with van der Waals surface area (Å²) < 4.78 is 4.92. The van der Waals surface area contributed by atoms with E-state index in [2.05, 4.69) is 5.32 Å². The molecular formula is C11H14N2O2S. The first kappa shape index (κ1) is 11.1. The zero-order valence-corrected chi connectivity index (χ0v) is 9.68. The van der Waals surface area contributed by atoms with E-state index < -0.39 is 5.41 Å². The molecule has 0 bridgehead atoms. The van der Waals surface area contributed by atoms with Crippen molar-refractivity contribution in [2.24, 2.45) is 11.1 Å². The quantitative estimate of drug-likeness (QED) is 0.777. The molecule has 0 aromatic carbocycles. The Hall–Kier alpha value is -1.36. The van der Waals surface area contributed by atoms with Crippen LogP contribution >= 0.6 is 12.2 Å². The second-order valence-electron chi connectivity index (χ2n) is 4.11. The highest BCUT2D eigenvalue weighted by Crippen LogP contribution is 2.41. The molecule has 5 heteroatoms. The van der Waals surface area contributed by atoms with E-state index in [4.69, 9.17) is 22.4 Å². The highest BCUT2D eigenvalue weighted by atomic mass is 32.1. The van der Waals surface area contributed by atoms with Crippen LogP contribution in [0.15, 0.2) is 23.0 Å². The molecule has 1 aromatic rings. The van der Waals surface area contributed by atoms with E-state index in [1.54, 1.807) is 12.5 Å². The van der Waals surface area contributed by atoms with Crippen molar-refractivity contribution in [2.75, 3.05) is 0 Å². The Kier molecular flexibility index (Phi) is 2.96. The largest absolute Gasteiger partial charge is 0.472 e. The molecule has 16 heavy (non-hydrogen) atoms. The smallest absolute Gasteiger partial charge is 0.233 e. The van der Waals surface area contributed by atoms with Gasteiger partial charge in [0.25, 0.3) is 0 Å². The summed E-state index contributed by atoms with van der Waals surface area (Å²) in [7, 11) is 0. The third kappa shape index (κ3) is 1.82. The van der Waals surface area contributed by atoms with Crippen molar-refractivity contribution in [1.29, 1.82) is 0 Å². The predicted molar refractivity (Wildman–Crippen MR) is 63.6 cm³/mol. The number of furan rings is 1. The topological polar surface area (TPSA) is 68.3 Å². The molecule has 86 valence electrons. The third-order valence-corrected chi connectivity index (χ3v) is 3.54. The molecule has 0 radical (unpaired) electrons. The lowest BCUT2D eigenvalue weighted by molar-refractivity contribution is -0.131. The summed E-state index contributed by atoms with van der Waals surface area (Å²) in [5, 5.41) is 2.84. The zero-order chi connectivity index (χ0) is 11.6. The Morgan fingerprint density at radius 2 is 2.38 bits per heavy atom. The van der Waals surface area contributed by atoms with Crippen LogP contribution in [0, 0.1) is 5.41 Å². The molecule has 0 unspecified atom stereocenters. The Morgan fingerprint density at radius 1 is 1.62 bits per heavy atom. The molecule has 1 aliphatic rings. The Labute approximate surface area is 99.2 Å². The van der Waals surface area contributed by atoms with E-state index in [1.807, 2.05) is 6.07 Å². The Balaban J connectivity index is 1.95. The third-order valence-electron chi connectivity index (χ3n) is 3.15. The van der Waals surface area contributed by atoms with Gasteiger partial charge in [0.15, 0.2) is 0 Å². The fourth-order valence-corrected chi connectivity index (χ4v) is 2.16. The number of rotatable bonds is 4. The van der Waals surface area contributed by atoms with Gasteiger partial charge in [-0.3, -0.25) is 4.79 Å². The van der Waals surface area contributed by atoms with Crippen molar-refractivity contribution >= 4 is 23.1 Å². The summed E-state index contributed by atoms with van der Waals surface area (Å²) in [6.07, 6.45) is 5.72. The first-order chi connectivity index (χ1) is 7.65. The van der Waals surface area contributed by atoms with Crippen LogP contribution < -0.4 is 11.1 Å². The second kappa shape index (κ2) is 4.25. The number of hydrogen-bond donors (Lipinski definition) is 2. The molecule has 0 spiro atoms. The van der Waals surface area contributed by atoms with Gasteiger partial charge in [0.1, 0.15) is 0 Å². The molecule has 0 saturated heterocycles. The van der Waals surface area contributed by atoms with Gasteiger partial charge in [-0.05, 0) is 18.9 Å².